The molecule has 3 fully saturated rings. The largest absolute Gasteiger partial charge is 0.494 e. The van der Waals surface area contributed by atoms with E-state index < -0.39 is 11.7 Å². The van der Waals surface area contributed by atoms with Gasteiger partial charge in [0.1, 0.15) is 11.9 Å². The lowest BCUT2D eigenvalue weighted by molar-refractivity contribution is -0.130. The van der Waals surface area contributed by atoms with Crippen LogP contribution in [-0.2, 0) is 14.3 Å². The zero-order valence-electron chi connectivity index (χ0n) is 35.5. The Morgan fingerprint density at radius 3 is 2.44 bits per heavy atom. The molecule has 310 valence electrons. The van der Waals surface area contributed by atoms with E-state index in [2.05, 4.69) is 43.2 Å². The Hall–Kier alpha value is -3.11. The number of unbranched alkanes of at least 4 members (excludes halogenated alkanes) is 3. The number of carbonyl (C=O) groups excluding carboxylic acids is 2. The van der Waals surface area contributed by atoms with Crippen molar-refractivity contribution in [1.82, 2.24) is 15.5 Å². The number of rotatable bonds is 21. The van der Waals surface area contributed by atoms with E-state index >= 15 is 0 Å². The maximum absolute atomic E-state index is 13.0. The highest BCUT2D eigenvalue weighted by Crippen LogP contribution is 2.52. The SMILES string of the molecule is CCCCOc1ccc(C(=N)C2CCCC(OC(=O)NCC(C)(C)OCCC(C)(C)C(C)NCCCCCC(=O)N3CCC4(CC4)C3)CC/C2=C(\C)N)cc1. The number of benzene rings is 1. The van der Waals surface area contributed by atoms with Gasteiger partial charge in [-0.2, -0.15) is 0 Å². The van der Waals surface area contributed by atoms with Crippen LogP contribution in [0.1, 0.15) is 150 Å². The lowest BCUT2D eigenvalue weighted by Crippen LogP contribution is -2.44. The fourth-order valence-corrected chi connectivity index (χ4v) is 7.93. The van der Waals surface area contributed by atoms with Gasteiger partial charge >= 0.3 is 6.09 Å². The summed E-state index contributed by atoms with van der Waals surface area (Å²) in [7, 11) is 0. The second-order valence-corrected chi connectivity index (χ2v) is 18.1. The van der Waals surface area contributed by atoms with Gasteiger partial charge in [0.15, 0.2) is 0 Å². The standard InChI is InChI=1S/C45H75N5O5/c1-8-9-29-53-36-19-17-35(18-20-36)41(47)39-15-13-14-37(21-22-38(39)33(2)46)55-42(52)49-31-44(6,7)54-30-26-43(4,5)34(3)48-27-12-10-11-16-40(51)50-28-25-45(32-50)23-24-45/h17-20,34,37,39,47-48H,8-16,21-32,46H2,1-7H3,(H,49,52)/b38-33-,47-41?. The lowest BCUT2D eigenvalue weighted by Gasteiger charge is -2.34. The second-order valence-electron chi connectivity index (χ2n) is 18.1. The van der Waals surface area contributed by atoms with E-state index in [-0.39, 0.29) is 17.4 Å². The minimum absolute atomic E-state index is 0.0330. The predicted octanol–water partition coefficient (Wildman–Crippen LogP) is 8.90. The maximum atomic E-state index is 13.0. The Labute approximate surface area is 333 Å². The molecule has 1 heterocycles. The molecule has 1 spiro atoms. The van der Waals surface area contributed by atoms with Gasteiger partial charge in [0.2, 0.25) is 5.91 Å². The Kier molecular flexibility index (Phi) is 16.9. The zero-order valence-corrected chi connectivity index (χ0v) is 35.5. The number of hydrogen-bond donors (Lipinski definition) is 4. The molecule has 1 saturated heterocycles. The molecular formula is C45H75N5O5. The van der Waals surface area contributed by atoms with Crippen molar-refractivity contribution < 1.29 is 23.8 Å². The molecule has 55 heavy (non-hydrogen) atoms. The molecule has 1 aromatic rings. The molecule has 10 heteroatoms. The average molecular weight is 766 g/mol. The van der Waals surface area contributed by atoms with Crippen molar-refractivity contribution in [3.05, 3.63) is 41.1 Å². The second kappa shape index (κ2) is 20.9. The summed E-state index contributed by atoms with van der Waals surface area (Å²) >= 11 is 0. The van der Waals surface area contributed by atoms with E-state index in [1.165, 1.54) is 19.3 Å². The van der Waals surface area contributed by atoms with Crippen LogP contribution in [0.3, 0.4) is 0 Å². The molecule has 3 aliphatic rings. The van der Waals surface area contributed by atoms with Crippen molar-refractivity contribution in [1.29, 1.82) is 5.41 Å². The normalized spacial score (nSPS) is 21.4. The van der Waals surface area contributed by atoms with Crippen molar-refractivity contribution in [2.24, 2.45) is 22.5 Å². The fourth-order valence-electron chi connectivity index (χ4n) is 7.93. The van der Waals surface area contributed by atoms with Crippen LogP contribution in [0.15, 0.2) is 35.5 Å². The molecule has 1 aromatic carbocycles. The number of alkyl carbamates (subject to hydrolysis) is 1. The Balaban J connectivity index is 1.10. The van der Waals surface area contributed by atoms with Gasteiger partial charge < -0.3 is 40.9 Å². The highest BCUT2D eigenvalue weighted by molar-refractivity contribution is 6.01. The van der Waals surface area contributed by atoms with Crippen molar-refractivity contribution in [2.45, 2.75) is 163 Å². The molecule has 10 nitrogen and oxygen atoms in total. The summed E-state index contributed by atoms with van der Waals surface area (Å²) in [5.74, 6) is 1.12. The molecule has 0 radical (unpaired) electrons. The number of amides is 2. The number of nitrogens with zero attached hydrogens (tertiary/aromatic N) is 1. The van der Waals surface area contributed by atoms with E-state index in [4.69, 9.17) is 25.4 Å². The van der Waals surface area contributed by atoms with Gasteiger partial charge in [-0.05, 0) is 158 Å². The van der Waals surface area contributed by atoms with E-state index in [1.807, 2.05) is 45.0 Å². The molecule has 0 bridgehead atoms. The van der Waals surface area contributed by atoms with Crippen molar-refractivity contribution >= 4 is 17.7 Å². The van der Waals surface area contributed by atoms with Gasteiger partial charge in [0, 0.05) is 56.0 Å². The summed E-state index contributed by atoms with van der Waals surface area (Å²) < 4.78 is 18.0. The van der Waals surface area contributed by atoms with Crippen molar-refractivity contribution in [2.75, 3.05) is 39.4 Å². The van der Waals surface area contributed by atoms with Crippen LogP contribution in [0.2, 0.25) is 0 Å². The predicted molar refractivity (Wildman–Crippen MR) is 223 cm³/mol. The number of nitrogens with two attached hydrogens (primary N) is 1. The Morgan fingerprint density at radius 2 is 1.76 bits per heavy atom. The molecule has 5 N–H and O–H groups in total. The smallest absolute Gasteiger partial charge is 0.407 e. The third-order valence-corrected chi connectivity index (χ3v) is 12.6. The molecule has 2 saturated carbocycles. The monoisotopic (exact) mass is 766 g/mol. The van der Waals surface area contributed by atoms with E-state index in [0.717, 1.165) is 100 Å². The first kappa shape index (κ1) is 44.6. The van der Waals surface area contributed by atoms with Gasteiger partial charge in [-0.1, -0.05) is 33.6 Å². The molecule has 4 rings (SSSR count). The van der Waals surface area contributed by atoms with Crippen LogP contribution in [0.4, 0.5) is 4.79 Å². The minimum Gasteiger partial charge on any atom is -0.494 e. The van der Waals surface area contributed by atoms with E-state index in [0.29, 0.717) is 62.1 Å². The molecular weight excluding hydrogens is 691 g/mol. The fraction of sp³-hybridized carbons (Fsp3) is 0.756. The summed E-state index contributed by atoms with van der Waals surface area (Å²) in [6, 6.07) is 8.16. The third-order valence-electron chi connectivity index (χ3n) is 12.6. The van der Waals surface area contributed by atoms with Crippen molar-refractivity contribution in [3.8, 4) is 5.75 Å². The highest BCUT2D eigenvalue weighted by Gasteiger charge is 2.48. The van der Waals surface area contributed by atoms with Crippen LogP contribution in [-0.4, -0.2) is 79.8 Å². The molecule has 2 amide bonds. The average Bonchev–Trinajstić information content (AvgIpc) is 3.76. The Morgan fingerprint density at radius 1 is 1.02 bits per heavy atom. The molecule has 1 aliphatic heterocycles. The first-order valence-electron chi connectivity index (χ1n) is 21.5. The van der Waals surface area contributed by atoms with Crippen LogP contribution < -0.4 is 21.1 Å². The number of nitrogens with one attached hydrogen (secondary N) is 3. The summed E-state index contributed by atoms with van der Waals surface area (Å²) in [6.45, 7) is 19.4. The molecule has 0 aromatic heterocycles. The summed E-state index contributed by atoms with van der Waals surface area (Å²) in [6.07, 6.45) is 13.7. The van der Waals surface area contributed by atoms with Gasteiger partial charge in [-0.15, -0.1) is 0 Å². The quantitative estimate of drug-likeness (QED) is 0.0724. The maximum Gasteiger partial charge on any atom is 0.407 e. The molecule has 3 atom stereocenters. The number of hydrogen-bond acceptors (Lipinski definition) is 8. The summed E-state index contributed by atoms with van der Waals surface area (Å²) in [5, 5.41) is 15.7. The number of likely N-dealkylation sites (tertiary alicyclic amines) is 1. The van der Waals surface area contributed by atoms with Crippen LogP contribution in [0.5, 0.6) is 5.75 Å². The number of carbonyl (C=O) groups is 2. The van der Waals surface area contributed by atoms with E-state index in [9.17, 15) is 9.59 Å². The summed E-state index contributed by atoms with van der Waals surface area (Å²) in [5.41, 5.74) is 9.67. The van der Waals surface area contributed by atoms with Crippen molar-refractivity contribution in [3.63, 3.8) is 0 Å². The first-order chi connectivity index (χ1) is 26.1. The lowest BCUT2D eigenvalue weighted by atomic mass is 9.80. The number of allylic oxidation sites excluding steroid dienone is 2. The van der Waals surface area contributed by atoms with Gasteiger partial charge in [-0.25, -0.2) is 4.79 Å². The summed E-state index contributed by atoms with van der Waals surface area (Å²) in [4.78, 5) is 27.6. The van der Waals surface area contributed by atoms with Crippen LogP contribution >= 0.6 is 0 Å². The van der Waals surface area contributed by atoms with Gasteiger partial charge in [0.05, 0.1) is 12.2 Å². The third kappa shape index (κ3) is 14.4. The highest BCUT2D eigenvalue weighted by atomic mass is 16.6. The van der Waals surface area contributed by atoms with Crippen LogP contribution in [0, 0.1) is 22.2 Å². The topological polar surface area (TPSA) is 139 Å². The van der Waals surface area contributed by atoms with Crippen LogP contribution in [0.25, 0.3) is 0 Å². The van der Waals surface area contributed by atoms with Gasteiger partial charge in [0.25, 0.3) is 0 Å². The number of ether oxygens (including phenoxy) is 3. The molecule has 2 aliphatic carbocycles. The zero-order chi connectivity index (χ0) is 40.1. The minimum atomic E-state index is -0.543. The molecule has 3 unspecified atom stereocenters. The van der Waals surface area contributed by atoms with E-state index in [1.54, 1.807) is 0 Å². The Bertz CT molecular complexity index is 1410. The first-order valence-corrected chi connectivity index (χ1v) is 21.5. The van der Waals surface area contributed by atoms with Gasteiger partial charge in [-0.3, -0.25) is 4.79 Å².